The maximum atomic E-state index is 6.24. The van der Waals surface area contributed by atoms with E-state index in [9.17, 15) is 0 Å². The smallest absolute Gasteiger partial charge is 0.227 e. The first-order valence-corrected chi connectivity index (χ1v) is 14.3. The predicted octanol–water partition coefficient (Wildman–Crippen LogP) is 8.81. The van der Waals surface area contributed by atoms with Crippen molar-refractivity contribution in [3.63, 3.8) is 0 Å². The number of nitrogens with zero attached hydrogens (tertiary/aromatic N) is 3. The third-order valence-electron chi connectivity index (χ3n) is 7.77. The molecule has 1 unspecified atom stereocenters. The molecule has 0 fully saturated rings. The summed E-state index contributed by atoms with van der Waals surface area (Å²) in [6.07, 6.45) is -0.223. The normalized spacial score (nSPS) is 14.7. The number of oxazole rings is 1. The topological polar surface area (TPSA) is 62.8 Å². The van der Waals surface area contributed by atoms with E-state index in [1.54, 1.807) is 0 Å². The third kappa shape index (κ3) is 4.77. The van der Waals surface area contributed by atoms with Crippen molar-refractivity contribution in [1.29, 1.82) is 0 Å². The van der Waals surface area contributed by atoms with Crippen molar-refractivity contribution >= 4 is 33.5 Å². The number of fused-ring (bicyclic) bond motifs is 3. The van der Waals surface area contributed by atoms with Crippen molar-refractivity contribution in [2.75, 3.05) is 0 Å². The maximum Gasteiger partial charge on any atom is 0.227 e. The summed E-state index contributed by atoms with van der Waals surface area (Å²) < 4.78 is 6.24. The molecule has 7 aromatic rings. The minimum absolute atomic E-state index is 0.223. The van der Waals surface area contributed by atoms with Crippen LogP contribution in [0.25, 0.3) is 44.5 Å². The fourth-order valence-corrected chi connectivity index (χ4v) is 5.54. The first-order chi connectivity index (χ1) is 21.3. The van der Waals surface area contributed by atoms with Gasteiger partial charge in [0, 0.05) is 22.1 Å². The van der Waals surface area contributed by atoms with Crippen molar-refractivity contribution in [3.8, 4) is 22.6 Å². The number of nitrogens with one attached hydrogen (secondary N) is 1. The van der Waals surface area contributed by atoms with Gasteiger partial charge >= 0.3 is 0 Å². The van der Waals surface area contributed by atoms with Crippen LogP contribution in [-0.4, -0.2) is 16.7 Å². The lowest BCUT2D eigenvalue weighted by molar-refractivity contribution is 0.623. The van der Waals surface area contributed by atoms with E-state index in [1.807, 2.05) is 72.8 Å². The SMILES string of the molecule is c1ccc(C2=NC(c3ccc(-c4ccc5c(ccc6nc(-c7ccccc7)oc65)c4)cc3)=NC(c3ccccc3)N2)cc1. The lowest BCUT2D eigenvalue weighted by atomic mass is 9.99. The molecular formula is C38H26N4O. The monoisotopic (exact) mass is 554 g/mol. The Hall–Kier alpha value is -5.81. The summed E-state index contributed by atoms with van der Waals surface area (Å²) in [6, 6.07) is 49.5. The zero-order chi connectivity index (χ0) is 28.6. The molecule has 1 atom stereocenters. The number of aliphatic imine (C=N–C) groups is 2. The quantitative estimate of drug-likeness (QED) is 0.231. The van der Waals surface area contributed by atoms with E-state index in [4.69, 9.17) is 19.4 Å². The zero-order valence-electron chi connectivity index (χ0n) is 23.2. The first kappa shape index (κ1) is 24.9. The Morgan fingerprint density at radius 3 is 1.95 bits per heavy atom. The third-order valence-corrected chi connectivity index (χ3v) is 7.77. The van der Waals surface area contributed by atoms with Gasteiger partial charge in [0.1, 0.15) is 17.5 Å². The van der Waals surface area contributed by atoms with Crippen LogP contribution in [0, 0.1) is 0 Å². The molecule has 1 aliphatic heterocycles. The van der Waals surface area contributed by atoms with Gasteiger partial charge in [-0.2, -0.15) is 0 Å². The Morgan fingerprint density at radius 1 is 0.558 bits per heavy atom. The van der Waals surface area contributed by atoms with Crippen molar-refractivity contribution in [3.05, 3.63) is 162 Å². The number of benzene rings is 6. The van der Waals surface area contributed by atoms with E-state index in [1.165, 1.54) is 0 Å². The Bertz CT molecular complexity index is 2130. The molecule has 0 spiro atoms. The minimum atomic E-state index is -0.223. The number of hydrogen-bond donors (Lipinski definition) is 1. The summed E-state index contributed by atoms with van der Waals surface area (Å²) in [5.41, 5.74) is 7.97. The zero-order valence-corrected chi connectivity index (χ0v) is 23.2. The van der Waals surface area contributed by atoms with Crippen molar-refractivity contribution in [2.45, 2.75) is 6.17 Å². The van der Waals surface area contributed by atoms with Gasteiger partial charge in [-0.05, 0) is 52.4 Å². The van der Waals surface area contributed by atoms with Gasteiger partial charge in [-0.15, -0.1) is 0 Å². The van der Waals surface area contributed by atoms with Crippen LogP contribution in [0.15, 0.2) is 160 Å². The highest BCUT2D eigenvalue weighted by atomic mass is 16.3. The Morgan fingerprint density at radius 2 is 1.21 bits per heavy atom. The van der Waals surface area contributed by atoms with Gasteiger partial charge in [0.2, 0.25) is 5.89 Å². The molecule has 204 valence electrons. The molecule has 0 amide bonds. The van der Waals surface area contributed by atoms with Gasteiger partial charge in [0.15, 0.2) is 11.4 Å². The Labute approximate surface area is 248 Å². The van der Waals surface area contributed by atoms with Gasteiger partial charge in [0.25, 0.3) is 0 Å². The number of hydrogen-bond acceptors (Lipinski definition) is 5. The fraction of sp³-hybridized carbons (Fsp3) is 0.0263. The van der Waals surface area contributed by atoms with Crippen LogP contribution in [0.2, 0.25) is 0 Å². The predicted molar refractivity (Wildman–Crippen MR) is 174 cm³/mol. The van der Waals surface area contributed by atoms with E-state index in [2.05, 4.69) is 78.1 Å². The van der Waals surface area contributed by atoms with Crippen molar-refractivity contribution in [1.82, 2.24) is 10.3 Å². The van der Waals surface area contributed by atoms with Crippen molar-refractivity contribution < 1.29 is 4.42 Å². The molecule has 2 heterocycles. The molecule has 0 saturated carbocycles. The number of rotatable bonds is 5. The van der Waals surface area contributed by atoms with Crippen LogP contribution >= 0.6 is 0 Å². The lowest BCUT2D eigenvalue weighted by Crippen LogP contribution is -2.33. The minimum Gasteiger partial charge on any atom is -0.435 e. The molecule has 0 bridgehead atoms. The second kappa shape index (κ2) is 10.5. The molecule has 6 aromatic carbocycles. The molecule has 5 heteroatoms. The summed E-state index contributed by atoms with van der Waals surface area (Å²) in [5, 5.41) is 5.67. The molecule has 1 N–H and O–H groups in total. The van der Waals surface area contributed by atoms with Crippen LogP contribution in [0.4, 0.5) is 0 Å². The molecule has 8 rings (SSSR count). The van der Waals surface area contributed by atoms with Gasteiger partial charge in [-0.1, -0.05) is 115 Å². The highest BCUT2D eigenvalue weighted by molar-refractivity contribution is 6.13. The van der Waals surface area contributed by atoms with E-state index in [0.29, 0.717) is 11.7 Å². The van der Waals surface area contributed by atoms with Crippen LogP contribution in [0.5, 0.6) is 0 Å². The van der Waals surface area contributed by atoms with E-state index in [0.717, 1.165) is 61.1 Å². The van der Waals surface area contributed by atoms with Gasteiger partial charge in [-0.25, -0.2) is 15.0 Å². The largest absolute Gasteiger partial charge is 0.435 e. The van der Waals surface area contributed by atoms with E-state index < -0.39 is 0 Å². The van der Waals surface area contributed by atoms with Crippen LogP contribution in [0.3, 0.4) is 0 Å². The van der Waals surface area contributed by atoms with E-state index >= 15 is 0 Å². The average molecular weight is 555 g/mol. The number of amidine groups is 2. The molecule has 5 nitrogen and oxygen atoms in total. The van der Waals surface area contributed by atoms with Crippen LogP contribution < -0.4 is 5.32 Å². The molecule has 0 saturated heterocycles. The second-order valence-corrected chi connectivity index (χ2v) is 10.5. The highest BCUT2D eigenvalue weighted by Crippen LogP contribution is 2.33. The van der Waals surface area contributed by atoms with Gasteiger partial charge < -0.3 is 9.73 Å². The van der Waals surface area contributed by atoms with Crippen molar-refractivity contribution in [2.24, 2.45) is 9.98 Å². The second-order valence-electron chi connectivity index (χ2n) is 10.5. The van der Waals surface area contributed by atoms with Gasteiger partial charge in [-0.3, -0.25) is 0 Å². The molecular weight excluding hydrogens is 528 g/mol. The average Bonchev–Trinajstić information content (AvgIpc) is 3.54. The summed E-state index contributed by atoms with van der Waals surface area (Å²) in [7, 11) is 0. The summed E-state index contributed by atoms with van der Waals surface area (Å²) in [4.78, 5) is 14.7. The molecule has 0 radical (unpaired) electrons. The maximum absolute atomic E-state index is 6.24. The lowest BCUT2D eigenvalue weighted by Gasteiger charge is -2.23. The summed E-state index contributed by atoms with van der Waals surface area (Å²) in [6.45, 7) is 0. The fourth-order valence-electron chi connectivity index (χ4n) is 5.54. The molecule has 1 aliphatic rings. The van der Waals surface area contributed by atoms with Crippen LogP contribution in [-0.2, 0) is 0 Å². The summed E-state index contributed by atoms with van der Waals surface area (Å²) in [5.74, 6) is 2.15. The Balaban J connectivity index is 1.13. The van der Waals surface area contributed by atoms with E-state index in [-0.39, 0.29) is 6.17 Å². The van der Waals surface area contributed by atoms with Gasteiger partial charge in [0.05, 0.1) is 0 Å². The highest BCUT2D eigenvalue weighted by Gasteiger charge is 2.21. The Kier molecular flexibility index (Phi) is 6.12. The van der Waals surface area contributed by atoms with Crippen LogP contribution in [0.1, 0.15) is 22.9 Å². The summed E-state index contributed by atoms with van der Waals surface area (Å²) >= 11 is 0. The number of aromatic nitrogens is 1. The molecule has 0 aliphatic carbocycles. The molecule has 1 aromatic heterocycles. The standard InChI is InChI=1S/C38H26N4O/c1-4-10-26(11-5-1)35-40-36(27-12-6-2-7-13-27)42-37(41-35)28-18-16-25(17-19-28)30-20-22-32-31(24-30)21-23-33-34(32)43-38(39-33)29-14-8-3-9-15-29/h1-24,35H,(H,40,41,42). The molecule has 43 heavy (non-hydrogen) atoms. The first-order valence-electron chi connectivity index (χ1n) is 14.3.